The van der Waals surface area contributed by atoms with E-state index in [1.165, 1.54) is 0 Å². The molecule has 13 heteroatoms. The summed E-state index contributed by atoms with van der Waals surface area (Å²) in [6, 6.07) is 14.7. The van der Waals surface area contributed by atoms with E-state index in [4.69, 9.17) is 23.7 Å². The quantitative estimate of drug-likeness (QED) is 0.269. The standard InChI is InChI=1S/C43H52N2O11/c1-6-44-21-40(22-55-38(49)25-14-10-11-15-28(25)45-31(46)18-23(2)36(45)47)17-16-30(53-4)42-27-19-26-29(52-3)20-41(50,43(51,39(42)44)35(54-5)34(40)42)32(27)33(26)56-37(48)24-12-8-7-9-13-24/h7-15,23,26-27,29-30,32-35,39,50-51H,6,16-22H2,1-5H3/t23?,26-,27-,29+,30+,32-,33+,34-,35+,39+,40+,41-,42+,43-/m1/s1. The number of methoxy groups -OCH3 is 3. The highest BCUT2D eigenvalue weighted by Gasteiger charge is 2.92. The summed E-state index contributed by atoms with van der Waals surface area (Å²) in [7, 11) is 4.86. The van der Waals surface area contributed by atoms with Gasteiger partial charge < -0.3 is 33.9 Å². The second kappa shape index (κ2) is 13.2. The van der Waals surface area contributed by atoms with Gasteiger partial charge in [0.1, 0.15) is 17.3 Å². The van der Waals surface area contributed by atoms with Crippen LogP contribution in [0.4, 0.5) is 5.69 Å². The number of hydrogen-bond acceptors (Lipinski definition) is 12. The fourth-order valence-electron chi connectivity index (χ4n) is 13.8. The Morgan fingerprint density at radius 3 is 2.34 bits per heavy atom. The zero-order valence-corrected chi connectivity index (χ0v) is 32.6. The molecular weight excluding hydrogens is 720 g/mol. The molecule has 56 heavy (non-hydrogen) atoms. The number of carbonyl (C=O) groups excluding carboxylic acids is 4. The van der Waals surface area contributed by atoms with Gasteiger partial charge in [-0.1, -0.05) is 44.2 Å². The lowest BCUT2D eigenvalue weighted by molar-refractivity contribution is -0.318. The van der Waals surface area contributed by atoms with E-state index in [1.807, 2.05) is 13.0 Å². The summed E-state index contributed by atoms with van der Waals surface area (Å²) in [5, 5.41) is 27.2. The van der Waals surface area contributed by atoms with Gasteiger partial charge >= 0.3 is 11.9 Å². The van der Waals surface area contributed by atoms with Crippen molar-refractivity contribution >= 4 is 29.4 Å². The minimum absolute atomic E-state index is 0.0349. The van der Waals surface area contributed by atoms with E-state index in [2.05, 4.69) is 4.90 Å². The molecule has 5 saturated carbocycles. The fraction of sp³-hybridized carbons (Fsp3) is 0.628. The molecular formula is C43H52N2O11. The number of fused-ring (bicyclic) bond motifs is 2. The minimum Gasteiger partial charge on any atom is -0.461 e. The number of amides is 2. The van der Waals surface area contributed by atoms with E-state index in [0.29, 0.717) is 37.9 Å². The van der Waals surface area contributed by atoms with Crippen LogP contribution in [0.5, 0.6) is 0 Å². The topological polar surface area (TPSA) is 161 Å². The molecule has 0 radical (unpaired) electrons. The number of likely N-dealkylation sites (tertiary alicyclic amines) is 1. The monoisotopic (exact) mass is 772 g/mol. The van der Waals surface area contributed by atoms with Crippen LogP contribution in [0.25, 0.3) is 0 Å². The third kappa shape index (κ3) is 4.64. The zero-order valence-electron chi connectivity index (χ0n) is 32.6. The first-order valence-electron chi connectivity index (χ1n) is 20.0. The number of nitrogens with zero attached hydrogens (tertiary/aromatic N) is 2. The van der Waals surface area contributed by atoms with E-state index in [-0.39, 0.29) is 60.5 Å². The largest absolute Gasteiger partial charge is 0.461 e. The molecule has 2 amide bonds. The van der Waals surface area contributed by atoms with Gasteiger partial charge in [-0.25, -0.2) is 14.5 Å². The molecule has 14 atom stereocenters. The van der Waals surface area contributed by atoms with Crippen molar-refractivity contribution in [3.05, 3.63) is 65.7 Å². The Balaban J connectivity index is 1.14. The second-order valence-corrected chi connectivity index (χ2v) is 17.5. The Bertz CT molecular complexity index is 1940. The first-order valence-corrected chi connectivity index (χ1v) is 20.0. The highest BCUT2D eigenvalue weighted by atomic mass is 16.6. The molecule has 1 spiro atoms. The van der Waals surface area contributed by atoms with Crippen molar-refractivity contribution in [3.63, 3.8) is 0 Å². The molecule has 300 valence electrons. The van der Waals surface area contributed by atoms with E-state index < -0.39 is 76.1 Å². The van der Waals surface area contributed by atoms with Crippen molar-refractivity contribution < 1.29 is 53.1 Å². The molecule has 0 aromatic heterocycles. The Morgan fingerprint density at radius 2 is 1.68 bits per heavy atom. The van der Waals surface area contributed by atoms with Crippen molar-refractivity contribution in [3.8, 4) is 0 Å². The summed E-state index contributed by atoms with van der Waals surface area (Å²) in [4.78, 5) is 57.3. The number of piperidine rings is 1. The maximum Gasteiger partial charge on any atom is 0.340 e. The van der Waals surface area contributed by atoms with Gasteiger partial charge in [0, 0.05) is 75.2 Å². The van der Waals surface area contributed by atoms with E-state index in [9.17, 15) is 29.4 Å². The van der Waals surface area contributed by atoms with Gasteiger partial charge in [-0.05, 0) is 56.0 Å². The van der Waals surface area contributed by atoms with Crippen molar-refractivity contribution in [2.75, 3.05) is 45.9 Å². The third-order valence-electron chi connectivity index (χ3n) is 15.5. The number of aliphatic hydroxyl groups is 2. The molecule has 13 nitrogen and oxygen atoms in total. The molecule has 2 aromatic carbocycles. The highest BCUT2D eigenvalue weighted by molar-refractivity contribution is 6.22. The van der Waals surface area contributed by atoms with Gasteiger partial charge in [-0.3, -0.25) is 14.5 Å². The molecule has 7 bridgehead atoms. The van der Waals surface area contributed by atoms with Crippen LogP contribution in [0.3, 0.4) is 0 Å². The SMILES string of the molecule is CCN1C[C@]2(COC(=O)c3ccccc3N3C(=O)CC(C)C3=O)CC[C@H](OC)[C@@]34[C@@H]5C[C@H]6[C@H](OC(=O)c7ccccc7)[C@@H]5[C@](O)(C[C@@H]6OC)[C@@](O)([C@@H](OC)[C@H]23)[C@@H]14. The summed E-state index contributed by atoms with van der Waals surface area (Å²) in [5.74, 6) is -4.01. The number of anilines is 1. The Kier molecular flexibility index (Phi) is 8.89. The minimum atomic E-state index is -1.86. The molecule has 1 unspecified atom stereocenters. The summed E-state index contributed by atoms with van der Waals surface area (Å²) in [5.41, 5.74) is -4.50. The lowest BCUT2D eigenvalue weighted by Gasteiger charge is -2.70. The predicted molar refractivity (Wildman–Crippen MR) is 199 cm³/mol. The summed E-state index contributed by atoms with van der Waals surface area (Å²) < 4.78 is 31.8. The number of carbonyl (C=O) groups is 4. The average molecular weight is 773 g/mol. The molecule has 2 saturated heterocycles. The summed E-state index contributed by atoms with van der Waals surface area (Å²) in [6.45, 7) is 4.69. The van der Waals surface area contributed by atoms with E-state index >= 15 is 0 Å². The number of imide groups is 1. The molecule has 9 rings (SSSR count). The molecule has 7 aliphatic rings. The van der Waals surface area contributed by atoms with Gasteiger partial charge in [0.05, 0.1) is 47.8 Å². The second-order valence-electron chi connectivity index (χ2n) is 17.5. The number of rotatable bonds is 10. The van der Waals surface area contributed by atoms with Gasteiger partial charge in [0.15, 0.2) is 0 Å². The number of esters is 2. The first kappa shape index (κ1) is 37.8. The van der Waals surface area contributed by atoms with Crippen LogP contribution in [-0.4, -0.2) is 122 Å². The molecule has 2 aromatic rings. The van der Waals surface area contributed by atoms with Crippen molar-refractivity contribution in [1.29, 1.82) is 0 Å². The molecule has 7 fully saturated rings. The van der Waals surface area contributed by atoms with Crippen LogP contribution in [0, 0.1) is 40.4 Å². The third-order valence-corrected chi connectivity index (χ3v) is 15.5. The maximum atomic E-state index is 14.2. The van der Waals surface area contributed by atoms with E-state index in [1.54, 1.807) is 76.8 Å². The van der Waals surface area contributed by atoms with Crippen molar-refractivity contribution in [1.82, 2.24) is 4.90 Å². The maximum absolute atomic E-state index is 14.2. The Labute approximate surface area is 326 Å². The van der Waals surface area contributed by atoms with Gasteiger partial charge in [0.25, 0.3) is 0 Å². The summed E-state index contributed by atoms with van der Waals surface area (Å²) >= 11 is 0. The Morgan fingerprint density at radius 1 is 0.946 bits per heavy atom. The van der Waals surface area contributed by atoms with Crippen LogP contribution >= 0.6 is 0 Å². The molecule has 5 aliphatic carbocycles. The van der Waals surface area contributed by atoms with Crippen LogP contribution < -0.4 is 4.90 Å². The van der Waals surface area contributed by atoms with Crippen LogP contribution in [-0.2, 0) is 33.3 Å². The summed E-state index contributed by atoms with van der Waals surface area (Å²) in [6.07, 6.45) is -0.591. The van der Waals surface area contributed by atoms with Gasteiger partial charge in [-0.2, -0.15) is 0 Å². The van der Waals surface area contributed by atoms with Crippen LogP contribution in [0.15, 0.2) is 54.6 Å². The van der Waals surface area contributed by atoms with Gasteiger partial charge in [0.2, 0.25) is 11.8 Å². The average Bonchev–Trinajstić information content (AvgIpc) is 3.72. The van der Waals surface area contributed by atoms with Crippen molar-refractivity contribution in [2.24, 2.45) is 40.4 Å². The Hall–Kier alpha value is -3.72. The molecule has 2 N–H and O–H groups in total. The predicted octanol–water partition coefficient (Wildman–Crippen LogP) is 3.25. The number of benzene rings is 2. The lowest BCUT2D eigenvalue weighted by Crippen LogP contribution is -2.82. The number of ether oxygens (including phenoxy) is 5. The van der Waals surface area contributed by atoms with Crippen LogP contribution in [0.1, 0.15) is 66.7 Å². The van der Waals surface area contributed by atoms with E-state index in [0.717, 1.165) is 4.90 Å². The van der Waals surface area contributed by atoms with Crippen LogP contribution in [0.2, 0.25) is 0 Å². The number of para-hydroxylation sites is 1. The number of hydrogen-bond donors (Lipinski definition) is 2. The smallest absolute Gasteiger partial charge is 0.340 e. The van der Waals surface area contributed by atoms with Crippen molar-refractivity contribution in [2.45, 2.75) is 87.6 Å². The van der Waals surface area contributed by atoms with Gasteiger partial charge in [-0.15, -0.1) is 0 Å². The number of likely N-dealkylation sites (N-methyl/N-ethyl adjacent to an activating group) is 1. The highest BCUT2D eigenvalue weighted by Crippen LogP contribution is 2.80. The first-order chi connectivity index (χ1) is 26.9. The lowest BCUT2D eigenvalue weighted by atomic mass is 9.42. The molecule has 2 heterocycles. The normalized spacial score (nSPS) is 43.2. The fourth-order valence-corrected chi connectivity index (χ4v) is 13.8. The molecule has 2 aliphatic heterocycles. The zero-order chi connectivity index (χ0) is 39.5.